The number of hydrogen-bond donors (Lipinski definition) is 0. The van der Waals surface area contributed by atoms with Crippen molar-refractivity contribution in [3.05, 3.63) is 42.0 Å². The smallest absolute Gasteiger partial charge is 0.140 e. The maximum absolute atomic E-state index is 14.0. The Kier molecular flexibility index (Phi) is 3.07. The van der Waals surface area contributed by atoms with Gasteiger partial charge < -0.3 is 4.74 Å². The highest BCUT2D eigenvalue weighted by Crippen LogP contribution is 2.33. The van der Waals surface area contributed by atoms with Gasteiger partial charge in [0.15, 0.2) is 0 Å². The van der Waals surface area contributed by atoms with Gasteiger partial charge in [-0.2, -0.15) is 0 Å². The van der Waals surface area contributed by atoms with Crippen LogP contribution in [0.25, 0.3) is 0 Å². The lowest BCUT2D eigenvalue weighted by atomic mass is 10.2. The minimum atomic E-state index is -2.90. The lowest BCUT2D eigenvalue weighted by Crippen LogP contribution is -2.32. The molecule has 0 radical (unpaired) electrons. The molecule has 0 spiro atoms. The molecule has 0 aliphatic carbocycles. The van der Waals surface area contributed by atoms with E-state index in [4.69, 9.17) is 4.74 Å². The van der Waals surface area contributed by atoms with Crippen molar-refractivity contribution in [3.63, 3.8) is 0 Å². The third kappa shape index (κ3) is 1.98. The van der Waals surface area contributed by atoms with E-state index in [9.17, 15) is 8.60 Å². The normalized spacial score (nSPS) is 27.1. The first kappa shape index (κ1) is 13.9. The van der Waals surface area contributed by atoms with Crippen LogP contribution in [0.3, 0.4) is 0 Å². The second-order valence-corrected chi connectivity index (χ2v) is 7.74. The van der Waals surface area contributed by atoms with E-state index in [1.807, 2.05) is 4.68 Å². The summed E-state index contributed by atoms with van der Waals surface area (Å²) in [7, 11) is -2.90. The number of ether oxygens (including phenoxy) is 1. The first-order valence-corrected chi connectivity index (χ1v) is 8.63. The van der Waals surface area contributed by atoms with Crippen LogP contribution in [-0.2, 0) is 21.1 Å². The van der Waals surface area contributed by atoms with E-state index in [0.29, 0.717) is 19.7 Å². The van der Waals surface area contributed by atoms with Crippen molar-refractivity contribution in [1.82, 2.24) is 19.3 Å². The fourth-order valence-electron chi connectivity index (χ4n) is 3.04. The molecule has 3 heterocycles. The van der Waals surface area contributed by atoms with Gasteiger partial charge in [-0.15, -0.1) is 5.10 Å². The zero-order chi connectivity index (χ0) is 15.3. The van der Waals surface area contributed by atoms with Gasteiger partial charge in [0, 0.05) is 13.1 Å². The summed E-state index contributed by atoms with van der Waals surface area (Å²) in [6, 6.07) is 5.99. The Labute approximate surface area is 127 Å². The zero-order valence-corrected chi connectivity index (χ0v) is 12.6. The van der Waals surface area contributed by atoms with Crippen molar-refractivity contribution in [3.8, 4) is 0 Å². The van der Waals surface area contributed by atoms with Gasteiger partial charge in [0.05, 0.1) is 45.2 Å². The Hall–Kier alpha value is -1.77. The summed E-state index contributed by atoms with van der Waals surface area (Å²) in [6.45, 7) is 1.30. The molecule has 116 valence electrons. The zero-order valence-electron chi connectivity index (χ0n) is 11.8. The largest absolute Gasteiger partial charge is 0.368 e. The van der Waals surface area contributed by atoms with Crippen molar-refractivity contribution in [2.75, 3.05) is 13.1 Å². The summed E-state index contributed by atoms with van der Waals surface area (Å²) in [4.78, 5) is 0.132. The molecule has 2 unspecified atom stereocenters. The molecule has 2 aliphatic rings. The predicted octanol–water partition coefficient (Wildman–Crippen LogP) is 0.863. The molecule has 1 aromatic heterocycles. The van der Waals surface area contributed by atoms with Crippen LogP contribution in [0, 0.1) is 5.82 Å². The molecular weight excluding hydrogens is 307 g/mol. The molecule has 0 saturated carbocycles. The van der Waals surface area contributed by atoms with E-state index in [0.717, 1.165) is 5.69 Å². The number of nitrogens with zero attached hydrogens (tertiary/aromatic N) is 4. The van der Waals surface area contributed by atoms with E-state index >= 15 is 0 Å². The molecule has 0 bridgehead atoms. The topological polar surface area (TPSA) is 60.3 Å². The van der Waals surface area contributed by atoms with Crippen LogP contribution in [0.2, 0.25) is 0 Å². The molecule has 6 nitrogen and oxygen atoms in total. The molecule has 2 aliphatic heterocycles. The average molecular weight is 322 g/mol. The highest BCUT2D eigenvalue weighted by atomic mass is 32.2. The van der Waals surface area contributed by atoms with Crippen LogP contribution in [0.4, 0.5) is 4.39 Å². The Morgan fingerprint density at radius 3 is 3.00 bits per heavy atom. The van der Waals surface area contributed by atoms with Gasteiger partial charge in [-0.25, -0.2) is 17.6 Å². The maximum atomic E-state index is 14.0. The molecule has 4 rings (SSSR count). The van der Waals surface area contributed by atoms with Crippen molar-refractivity contribution in [1.29, 1.82) is 0 Å². The molecular formula is C14H15FN4O2S. The van der Waals surface area contributed by atoms with Gasteiger partial charge in [0.25, 0.3) is 0 Å². The Morgan fingerprint density at radius 2 is 2.18 bits per heavy atom. The lowest BCUT2D eigenvalue weighted by Gasteiger charge is -2.25. The van der Waals surface area contributed by atoms with Crippen molar-refractivity contribution < 1.29 is 13.3 Å². The molecule has 2 aromatic rings. The Morgan fingerprint density at radius 1 is 1.36 bits per heavy atom. The van der Waals surface area contributed by atoms with Crippen LogP contribution in [0.1, 0.15) is 11.7 Å². The maximum Gasteiger partial charge on any atom is 0.140 e. The average Bonchev–Trinajstić information content (AvgIpc) is 3.13. The van der Waals surface area contributed by atoms with Crippen molar-refractivity contribution in [2.24, 2.45) is 0 Å². The molecule has 1 aromatic carbocycles. The van der Waals surface area contributed by atoms with Gasteiger partial charge >= 0.3 is 0 Å². The molecule has 22 heavy (non-hydrogen) atoms. The van der Waals surface area contributed by atoms with Gasteiger partial charge in [0.1, 0.15) is 5.82 Å². The summed E-state index contributed by atoms with van der Waals surface area (Å²) in [6.07, 6.45) is 1.53. The third-order valence-electron chi connectivity index (χ3n) is 4.21. The van der Waals surface area contributed by atoms with Crippen molar-refractivity contribution in [2.45, 2.75) is 23.6 Å². The van der Waals surface area contributed by atoms with Gasteiger partial charge in [-0.1, -0.05) is 17.3 Å². The first-order chi connectivity index (χ1) is 10.6. The summed E-state index contributed by atoms with van der Waals surface area (Å²) >= 11 is 0. The number of aromatic nitrogens is 3. The van der Waals surface area contributed by atoms with E-state index < -0.39 is 15.5 Å². The quantitative estimate of drug-likeness (QED) is 0.770. The lowest BCUT2D eigenvalue weighted by molar-refractivity contribution is -0.00385. The Bertz CT molecular complexity index is 820. The van der Waals surface area contributed by atoms with Gasteiger partial charge in [-0.3, -0.25) is 0 Å². The highest BCUT2D eigenvalue weighted by molar-refractivity contribution is 7.98. The number of halogens is 1. The van der Waals surface area contributed by atoms with Crippen molar-refractivity contribution >= 4 is 15.6 Å². The molecule has 0 amide bonds. The number of rotatable bonds is 2. The molecule has 0 N–H and O–H groups in total. The molecule has 1 saturated heterocycles. The van der Waals surface area contributed by atoms with Crippen LogP contribution in [0.15, 0.2) is 35.4 Å². The van der Waals surface area contributed by atoms with E-state index in [-0.39, 0.29) is 17.0 Å². The summed E-state index contributed by atoms with van der Waals surface area (Å²) < 4.78 is 36.4. The van der Waals surface area contributed by atoms with Crippen LogP contribution in [0.5, 0.6) is 0 Å². The summed E-state index contributed by atoms with van der Waals surface area (Å²) in [5.41, 5.74) is 0.893. The second kappa shape index (κ2) is 4.87. The van der Waals surface area contributed by atoms with Gasteiger partial charge in [-0.05, 0) is 18.0 Å². The predicted molar refractivity (Wildman–Crippen MR) is 79.1 cm³/mol. The van der Waals surface area contributed by atoms with Crippen LogP contribution >= 0.6 is 0 Å². The number of hydrogen-bond acceptors (Lipinski definition) is 4. The fourth-order valence-corrected chi connectivity index (χ4v) is 4.77. The molecule has 8 heteroatoms. The minimum Gasteiger partial charge on any atom is -0.368 e. The number of fused-ring (bicyclic) bond motifs is 3. The van der Waals surface area contributed by atoms with Crippen LogP contribution in [-0.4, -0.2) is 48.6 Å². The first-order valence-electron chi connectivity index (χ1n) is 6.95. The third-order valence-corrected chi connectivity index (χ3v) is 6.36. The van der Waals surface area contributed by atoms with E-state index in [1.165, 1.54) is 12.1 Å². The minimum absolute atomic E-state index is 0.0689. The molecule has 3 atom stereocenters. The summed E-state index contributed by atoms with van der Waals surface area (Å²) in [5.74, 6) is 3.30. The Balaban J connectivity index is 1.68. The standard InChI is InChI=1S/C14H15FN4O2S/c1-22(20,14-5-3-2-4-11(14)15)18-7-12-13(8-18)21-9-10-6-16-17-19(10)12/h2-6,12-13H,1,7-9H2/t12-,13?,22?/m1/s1. The highest BCUT2D eigenvalue weighted by Gasteiger charge is 2.42. The van der Waals surface area contributed by atoms with E-state index in [2.05, 4.69) is 16.2 Å². The van der Waals surface area contributed by atoms with E-state index in [1.54, 1.807) is 22.6 Å². The summed E-state index contributed by atoms with van der Waals surface area (Å²) in [5, 5.41) is 7.97. The monoisotopic (exact) mass is 322 g/mol. The number of benzene rings is 1. The van der Waals surface area contributed by atoms with Gasteiger partial charge in [0.2, 0.25) is 0 Å². The second-order valence-electron chi connectivity index (χ2n) is 5.50. The molecule has 1 fully saturated rings. The fraction of sp³-hybridized carbons (Fsp3) is 0.357. The van der Waals surface area contributed by atoms with Crippen LogP contribution < -0.4 is 0 Å². The SMILES string of the molecule is C=S(=O)(c1ccccc1F)N1CC2OCc3cnnn3[C@@H]2C1.